The van der Waals surface area contributed by atoms with Gasteiger partial charge < -0.3 is 19.3 Å². The number of likely N-dealkylation sites (N-methyl/N-ethyl adjacent to an activating group) is 1. The van der Waals surface area contributed by atoms with Crippen molar-refractivity contribution in [3.8, 4) is 11.8 Å². The average Bonchev–Trinajstić information content (AvgIpc) is 3.57. The van der Waals surface area contributed by atoms with Gasteiger partial charge in [0, 0.05) is 38.0 Å². The number of hydrogen-bond donors (Lipinski definition) is 2. The van der Waals surface area contributed by atoms with E-state index in [1.54, 1.807) is 4.90 Å². The summed E-state index contributed by atoms with van der Waals surface area (Å²) in [5.74, 6) is 0.798. The molecule has 220 valence electrons. The average molecular weight is 563 g/mol. The van der Waals surface area contributed by atoms with Gasteiger partial charge >= 0.3 is 0 Å². The number of carbonyl (C=O) groups is 2. The summed E-state index contributed by atoms with van der Waals surface area (Å²) in [6.45, 7) is 9.02. The number of amides is 1. The van der Waals surface area contributed by atoms with Crippen LogP contribution in [0.25, 0.3) is 0 Å². The predicted octanol–water partition coefficient (Wildman–Crippen LogP) is 1.54. The van der Waals surface area contributed by atoms with Crippen LogP contribution in [0.5, 0.6) is 5.75 Å². The van der Waals surface area contributed by atoms with Gasteiger partial charge in [0.25, 0.3) is 0 Å². The number of hydrogen-bond acceptors (Lipinski definition) is 9. The number of likely N-dealkylation sites (tertiary alicyclic amines) is 1. The maximum atomic E-state index is 14.4. The fraction of sp³-hybridized carbons (Fsp3) is 0.645. The fourth-order valence-corrected chi connectivity index (χ4v) is 7.70. The molecule has 5 aliphatic rings. The second kappa shape index (κ2) is 11.5. The molecule has 1 aromatic carbocycles. The van der Waals surface area contributed by atoms with E-state index in [-0.39, 0.29) is 36.2 Å². The standard InChI is InChI=1S/C31H42N6O4/c1-4-25(38)37-16-15-36(18-22(37)11-13-32)29-24-10-12-31(17-21-8-5-7-20(2)27(21)41-31)28(39)26(24)33-30(34-29)40-19-23-9-6-14-35(23)3/h4-5,7-8,22-24,26,29-30,33-34H,1,6,9-12,14-19H2,2-3H3/t22?,23?,24?,26?,29?,30?,31-/m1/s1. The summed E-state index contributed by atoms with van der Waals surface area (Å²) in [4.78, 5) is 33.3. The van der Waals surface area contributed by atoms with Gasteiger partial charge in [-0.25, -0.2) is 0 Å². The molecular formula is C31H42N6O4. The van der Waals surface area contributed by atoms with E-state index < -0.39 is 18.0 Å². The van der Waals surface area contributed by atoms with Crippen LogP contribution in [0, 0.1) is 24.2 Å². The zero-order chi connectivity index (χ0) is 28.7. The molecule has 3 saturated heterocycles. The van der Waals surface area contributed by atoms with Gasteiger partial charge in [0.05, 0.1) is 37.3 Å². The third-order valence-corrected chi connectivity index (χ3v) is 9.99. The molecule has 10 heteroatoms. The Morgan fingerprint density at radius 2 is 2.12 bits per heavy atom. The Morgan fingerprint density at radius 3 is 2.85 bits per heavy atom. The van der Waals surface area contributed by atoms with Crippen LogP contribution in [-0.4, -0.2) is 102 Å². The molecule has 7 atom stereocenters. The van der Waals surface area contributed by atoms with Crippen LogP contribution in [0.15, 0.2) is 30.9 Å². The summed E-state index contributed by atoms with van der Waals surface area (Å²) < 4.78 is 13.0. The second-order valence-electron chi connectivity index (χ2n) is 12.4. The van der Waals surface area contributed by atoms with Crippen LogP contribution < -0.4 is 15.4 Å². The molecule has 1 amide bonds. The van der Waals surface area contributed by atoms with Crippen LogP contribution >= 0.6 is 0 Å². The number of fused-ring (bicyclic) bond motifs is 2. The molecule has 4 fully saturated rings. The van der Waals surface area contributed by atoms with Crippen molar-refractivity contribution in [1.29, 1.82) is 5.26 Å². The highest BCUT2D eigenvalue weighted by atomic mass is 16.5. The van der Waals surface area contributed by atoms with Crippen molar-refractivity contribution in [2.24, 2.45) is 5.92 Å². The topological polar surface area (TPSA) is 110 Å². The molecule has 1 aromatic rings. The summed E-state index contributed by atoms with van der Waals surface area (Å²) in [5, 5.41) is 16.7. The smallest absolute Gasteiger partial charge is 0.246 e. The second-order valence-corrected chi connectivity index (χ2v) is 12.4. The molecule has 1 aliphatic carbocycles. The van der Waals surface area contributed by atoms with Gasteiger partial charge in [-0.15, -0.1) is 0 Å². The quantitative estimate of drug-likeness (QED) is 0.499. The van der Waals surface area contributed by atoms with E-state index in [1.807, 2.05) is 19.1 Å². The van der Waals surface area contributed by atoms with Crippen LogP contribution in [0.4, 0.5) is 0 Å². The number of carbonyl (C=O) groups excluding carboxylic acids is 2. The Kier molecular flexibility index (Phi) is 7.92. The van der Waals surface area contributed by atoms with E-state index in [1.165, 1.54) is 6.08 Å². The van der Waals surface area contributed by atoms with Gasteiger partial charge in [0.2, 0.25) is 5.91 Å². The SMILES string of the molecule is C=CC(=O)N1CCN(C2NC(OCC3CCCN3C)NC3C(=O)[C@@]4(CCC32)Cc2cccc(C)c2O4)CC1CC#N. The van der Waals surface area contributed by atoms with Gasteiger partial charge in [-0.1, -0.05) is 24.8 Å². The van der Waals surface area contributed by atoms with Crippen LogP contribution in [-0.2, 0) is 20.7 Å². The molecule has 10 nitrogen and oxygen atoms in total. The Hall–Kier alpha value is -2.81. The molecule has 41 heavy (non-hydrogen) atoms. The first-order valence-electron chi connectivity index (χ1n) is 15.0. The lowest BCUT2D eigenvalue weighted by molar-refractivity contribution is -0.157. The number of Topliss-reactive ketones (excluding diaryl/α,β-unsaturated/α-hetero) is 1. The van der Waals surface area contributed by atoms with E-state index in [4.69, 9.17) is 9.47 Å². The van der Waals surface area contributed by atoms with E-state index in [2.05, 4.69) is 46.2 Å². The minimum absolute atomic E-state index is 0.0000649. The van der Waals surface area contributed by atoms with E-state index in [9.17, 15) is 14.9 Å². The summed E-state index contributed by atoms with van der Waals surface area (Å²) >= 11 is 0. The number of ketones is 1. The Bertz CT molecular complexity index is 1230. The lowest BCUT2D eigenvalue weighted by Crippen LogP contribution is -2.75. The normalized spacial score (nSPS) is 35.5. The number of nitriles is 1. The van der Waals surface area contributed by atoms with E-state index in [0.29, 0.717) is 45.1 Å². The molecular weight excluding hydrogens is 520 g/mol. The first kappa shape index (κ1) is 28.3. The molecule has 0 bridgehead atoms. The minimum Gasteiger partial charge on any atom is -0.479 e. The van der Waals surface area contributed by atoms with Crippen molar-refractivity contribution < 1.29 is 19.1 Å². The minimum atomic E-state index is -0.862. The Morgan fingerprint density at radius 1 is 1.27 bits per heavy atom. The summed E-state index contributed by atoms with van der Waals surface area (Å²) in [5.41, 5.74) is 1.30. The molecule has 6 unspecified atom stereocenters. The van der Waals surface area contributed by atoms with E-state index >= 15 is 0 Å². The highest BCUT2D eigenvalue weighted by molar-refractivity contribution is 5.95. The number of nitrogens with one attached hydrogen (secondary N) is 2. The van der Waals surface area contributed by atoms with Crippen molar-refractivity contribution in [2.75, 3.05) is 39.8 Å². The molecule has 2 N–H and O–H groups in total. The number of benzene rings is 1. The molecule has 6 rings (SSSR count). The van der Waals surface area contributed by atoms with Crippen LogP contribution in [0.1, 0.15) is 43.2 Å². The first-order chi connectivity index (χ1) is 19.8. The summed E-state index contributed by atoms with van der Waals surface area (Å²) in [6.07, 6.45) is 5.24. The number of piperazine rings is 1. The third kappa shape index (κ3) is 5.19. The van der Waals surface area contributed by atoms with Gasteiger partial charge in [-0.3, -0.25) is 25.1 Å². The first-order valence-corrected chi connectivity index (χ1v) is 15.0. The molecule has 0 radical (unpaired) electrons. The van der Waals surface area contributed by atoms with Crippen molar-refractivity contribution >= 4 is 11.7 Å². The summed E-state index contributed by atoms with van der Waals surface area (Å²) in [7, 11) is 2.13. The molecule has 0 aromatic heterocycles. The summed E-state index contributed by atoms with van der Waals surface area (Å²) in [6, 6.07) is 8.08. The lowest BCUT2D eigenvalue weighted by atomic mass is 9.70. The van der Waals surface area contributed by atoms with Crippen molar-refractivity contribution in [2.45, 2.75) is 81.7 Å². The van der Waals surface area contributed by atoms with Crippen molar-refractivity contribution in [1.82, 2.24) is 25.3 Å². The van der Waals surface area contributed by atoms with Gasteiger partial charge in [0.15, 0.2) is 17.7 Å². The monoisotopic (exact) mass is 562 g/mol. The molecule has 4 heterocycles. The zero-order valence-electron chi connectivity index (χ0n) is 24.2. The molecule has 1 saturated carbocycles. The highest BCUT2D eigenvalue weighted by Crippen LogP contribution is 2.46. The van der Waals surface area contributed by atoms with Crippen LogP contribution in [0.2, 0.25) is 0 Å². The zero-order valence-corrected chi connectivity index (χ0v) is 24.2. The number of nitrogens with zero attached hydrogens (tertiary/aromatic N) is 4. The molecule has 1 spiro atoms. The number of para-hydroxylation sites is 1. The van der Waals surface area contributed by atoms with E-state index in [0.717, 1.165) is 42.7 Å². The van der Waals surface area contributed by atoms with Crippen molar-refractivity contribution in [3.63, 3.8) is 0 Å². The Labute approximate surface area is 242 Å². The predicted molar refractivity (Wildman–Crippen MR) is 153 cm³/mol. The third-order valence-electron chi connectivity index (χ3n) is 9.99. The Balaban J connectivity index is 1.24. The fourth-order valence-electron chi connectivity index (χ4n) is 7.70. The lowest BCUT2D eigenvalue weighted by Gasteiger charge is -2.53. The van der Waals surface area contributed by atoms with Crippen molar-refractivity contribution in [3.05, 3.63) is 42.0 Å². The largest absolute Gasteiger partial charge is 0.479 e. The molecule has 4 aliphatic heterocycles. The number of ether oxygens (including phenoxy) is 2. The maximum absolute atomic E-state index is 14.4. The highest BCUT2D eigenvalue weighted by Gasteiger charge is 2.58. The van der Waals surface area contributed by atoms with Gasteiger partial charge in [-0.05, 0) is 63.4 Å². The number of aryl methyl sites for hydroxylation is 1. The van der Waals surface area contributed by atoms with Crippen LogP contribution in [0.3, 0.4) is 0 Å². The van der Waals surface area contributed by atoms with Gasteiger partial charge in [0.1, 0.15) is 5.75 Å². The number of rotatable bonds is 6. The van der Waals surface area contributed by atoms with Gasteiger partial charge in [-0.2, -0.15) is 5.26 Å². The maximum Gasteiger partial charge on any atom is 0.246 e.